The summed E-state index contributed by atoms with van der Waals surface area (Å²) in [7, 11) is 0. The molecule has 0 aromatic heterocycles. The number of hydrogen-bond donors (Lipinski definition) is 2. The standard InChI is InChI=1S/C11H12ClNO2/c12-9-3-1-2-4-10(9)13-6-7-5-8(7)11(14)15/h1-4,7-8,13H,5-6H2,(H,14,15). The second-order valence-corrected chi connectivity index (χ2v) is 4.21. The maximum Gasteiger partial charge on any atom is 0.306 e. The fourth-order valence-electron chi connectivity index (χ4n) is 1.62. The molecule has 1 aliphatic rings. The van der Waals surface area contributed by atoms with E-state index >= 15 is 0 Å². The summed E-state index contributed by atoms with van der Waals surface area (Å²) < 4.78 is 0. The van der Waals surface area contributed by atoms with Gasteiger partial charge in [0, 0.05) is 6.54 Å². The van der Waals surface area contributed by atoms with Crippen molar-refractivity contribution in [1.29, 1.82) is 0 Å². The van der Waals surface area contributed by atoms with E-state index in [1.54, 1.807) is 0 Å². The van der Waals surface area contributed by atoms with Gasteiger partial charge >= 0.3 is 5.97 Å². The minimum absolute atomic E-state index is 0.167. The Labute approximate surface area is 93.1 Å². The molecule has 0 bridgehead atoms. The number of halogens is 1. The van der Waals surface area contributed by atoms with Crippen molar-refractivity contribution in [2.45, 2.75) is 6.42 Å². The van der Waals surface area contributed by atoms with Crippen LogP contribution in [0.3, 0.4) is 0 Å². The lowest BCUT2D eigenvalue weighted by Crippen LogP contribution is -2.08. The molecular weight excluding hydrogens is 214 g/mol. The molecule has 80 valence electrons. The van der Waals surface area contributed by atoms with Crippen LogP contribution < -0.4 is 5.32 Å². The second kappa shape index (κ2) is 4.11. The van der Waals surface area contributed by atoms with Crippen LogP contribution in [0, 0.1) is 11.8 Å². The summed E-state index contributed by atoms with van der Waals surface area (Å²) >= 11 is 5.95. The van der Waals surface area contributed by atoms with E-state index in [1.807, 2.05) is 24.3 Å². The van der Waals surface area contributed by atoms with Crippen molar-refractivity contribution in [3.63, 3.8) is 0 Å². The van der Waals surface area contributed by atoms with E-state index in [0.29, 0.717) is 11.6 Å². The van der Waals surface area contributed by atoms with Crippen molar-refractivity contribution >= 4 is 23.3 Å². The van der Waals surface area contributed by atoms with E-state index in [4.69, 9.17) is 16.7 Å². The van der Waals surface area contributed by atoms with Gasteiger partial charge in [-0.25, -0.2) is 0 Å². The summed E-state index contributed by atoms with van der Waals surface area (Å²) in [4.78, 5) is 10.6. The molecule has 2 N–H and O–H groups in total. The Hall–Kier alpha value is -1.22. The first-order valence-electron chi connectivity index (χ1n) is 4.89. The lowest BCUT2D eigenvalue weighted by atomic mass is 10.3. The van der Waals surface area contributed by atoms with E-state index < -0.39 is 5.97 Å². The molecule has 0 radical (unpaired) electrons. The SMILES string of the molecule is O=C(O)C1CC1CNc1ccccc1Cl. The number of carboxylic acids is 1. The lowest BCUT2D eigenvalue weighted by Gasteiger charge is -2.06. The van der Waals surface area contributed by atoms with Crippen molar-refractivity contribution < 1.29 is 9.90 Å². The number of aliphatic carboxylic acids is 1. The van der Waals surface area contributed by atoms with E-state index in [9.17, 15) is 4.79 Å². The lowest BCUT2D eigenvalue weighted by molar-refractivity contribution is -0.138. The zero-order chi connectivity index (χ0) is 10.8. The van der Waals surface area contributed by atoms with Crippen LogP contribution in [-0.4, -0.2) is 17.6 Å². The summed E-state index contributed by atoms with van der Waals surface area (Å²) in [6.07, 6.45) is 0.771. The molecule has 0 aliphatic heterocycles. The summed E-state index contributed by atoms with van der Waals surface area (Å²) in [5.74, 6) is -0.611. The molecule has 2 unspecified atom stereocenters. The Balaban J connectivity index is 1.85. The van der Waals surface area contributed by atoms with Crippen LogP contribution in [0.2, 0.25) is 5.02 Å². The maximum absolute atomic E-state index is 10.6. The fraction of sp³-hybridized carbons (Fsp3) is 0.364. The van der Waals surface area contributed by atoms with Crippen molar-refractivity contribution in [3.8, 4) is 0 Å². The first-order valence-corrected chi connectivity index (χ1v) is 5.27. The van der Waals surface area contributed by atoms with Gasteiger partial charge in [0.25, 0.3) is 0 Å². The maximum atomic E-state index is 10.6. The predicted octanol–water partition coefficient (Wildman–Crippen LogP) is 2.47. The van der Waals surface area contributed by atoms with Gasteiger partial charge in [-0.15, -0.1) is 0 Å². The third kappa shape index (κ3) is 2.42. The number of rotatable bonds is 4. The van der Waals surface area contributed by atoms with Gasteiger partial charge in [0.15, 0.2) is 0 Å². The summed E-state index contributed by atoms with van der Waals surface area (Å²) in [6.45, 7) is 0.681. The van der Waals surface area contributed by atoms with Crippen LogP contribution in [0.4, 0.5) is 5.69 Å². The van der Waals surface area contributed by atoms with Crippen molar-refractivity contribution in [3.05, 3.63) is 29.3 Å². The molecule has 3 nitrogen and oxygen atoms in total. The van der Waals surface area contributed by atoms with Crippen LogP contribution >= 0.6 is 11.6 Å². The Bertz CT molecular complexity index is 381. The molecule has 0 heterocycles. The monoisotopic (exact) mass is 225 g/mol. The second-order valence-electron chi connectivity index (χ2n) is 3.80. The van der Waals surface area contributed by atoms with Gasteiger partial charge in [-0.2, -0.15) is 0 Å². The molecular formula is C11H12ClNO2. The fourth-order valence-corrected chi connectivity index (χ4v) is 1.82. The van der Waals surface area contributed by atoms with Gasteiger partial charge in [0.2, 0.25) is 0 Å². The molecule has 2 atom stereocenters. The molecule has 1 saturated carbocycles. The van der Waals surface area contributed by atoms with Crippen molar-refractivity contribution in [2.24, 2.45) is 11.8 Å². The Kier molecular flexibility index (Phi) is 2.82. The number of hydrogen-bond acceptors (Lipinski definition) is 2. The summed E-state index contributed by atoms with van der Waals surface area (Å²) in [5.41, 5.74) is 0.871. The molecule has 15 heavy (non-hydrogen) atoms. The average molecular weight is 226 g/mol. The van der Waals surface area contributed by atoms with E-state index in [-0.39, 0.29) is 11.8 Å². The first kappa shape index (κ1) is 10.3. The Morgan fingerprint density at radius 2 is 2.27 bits per heavy atom. The molecule has 1 fully saturated rings. The van der Waals surface area contributed by atoms with Gasteiger partial charge < -0.3 is 10.4 Å². The van der Waals surface area contributed by atoms with Gasteiger partial charge in [0.1, 0.15) is 0 Å². The number of benzene rings is 1. The van der Waals surface area contributed by atoms with Crippen LogP contribution in [-0.2, 0) is 4.79 Å². The third-order valence-electron chi connectivity index (χ3n) is 2.67. The summed E-state index contributed by atoms with van der Waals surface area (Å²) in [5, 5.41) is 12.6. The number of nitrogens with one attached hydrogen (secondary N) is 1. The molecule has 0 amide bonds. The number of anilines is 1. The molecule has 1 aromatic rings. The van der Waals surface area contributed by atoms with Gasteiger partial charge in [-0.1, -0.05) is 23.7 Å². The van der Waals surface area contributed by atoms with Gasteiger partial charge in [-0.05, 0) is 24.5 Å². The van der Waals surface area contributed by atoms with Crippen molar-refractivity contribution in [2.75, 3.05) is 11.9 Å². The average Bonchev–Trinajstić information content (AvgIpc) is 2.96. The summed E-state index contributed by atoms with van der Waals surface area (Å²) in [6, 6.07) is 7.46. The zero-order valence-electron chi connectivity index (χ0n) is 8.11. The minimum Gasteiger partial charge on any atom is -0.481 e. The van der Waals surface area contributed by atoms with Crippen LogP contribution in [0.1, 0.15) is 6.42 Å². The predicted molar refractivity (Wildman–Crippen MR) is 59.2 cm³/mol. The molecule has 2 rings (SSSR count). The van der Waals surface area contributed by atoms with E-state index in [0.717, 1.165) is 12.1 Å². The van der Waals surface area contributed by atoms with Gasteiger partial charge in [0.05, 0.1) is 16.6 Å². The normalized spacial score (nSPS) is 23.5. The molecule has 1 aliphatic carbocycles. The highest BCUT2D eigenvalue weighted by Crippen LogP contribution is 2.38. The van der Waals surface area contributed by atoms with Crippen LogP contribution in [0.15, 0.2) is 24.3 Å². The number of carbonyl (C=O) groups is 1. The van der Waals surface area contributed by atoms with E-state index in [2.05, 4.69) is 5.32 Å². The van der Waals surface area contributed by atoms with Crippen LogP contribution in [0.25, 0.3) is 0 Å². The molecule has 4 heteroatoms. The highest BCUT2D eigenvalue weighted by atomic mass is 35.5. The first-order chi connectivity index (χ1) is 7.18. The van der Waals surface area contributed by atoms with Crippen LogP contribution in [0.5, 0.6) is 0 Å². The third-order valence-corrected chi connectivity index (χ3v) is 3.00. The van der Waals surface area contributed by atoms with Gasteiger partial charge in [-0.3, -0.25) is 4.79 Å². The quantitative estimate of drug-likeness (QED) is 0.828. The highest BCUT2D eigenvalue weighted by Gasteiger charge is 2.42. The topological polar surface area (TPSA) is 49.3 Å². The number of carboxylic acid groups (broad SMARTS) is 1. The highest BCUT2D eigenvalue weighted by molar-refractivity contribution is 6.33. The van der Waals surface area contributed by atoms with Crippen molar-refractivity contribution in [1.82, 2.24) is 0 Å². The molecule has 1 aromatic carbocycles. The van der Waals surface area contributed by atoms with E-state index in [1.165, 1.54) is 0 Å². The zero-order valence-corrected chi connectivity index (χ0v) is 8.87. The Morgan fingerprint density at radius 1 is 1.53 bits per heavy atom. The minimum atomic E-state index is -0.694. The Morgan fingerprint density at radius 3 is 2.87 bits per heavy atom. The molecule has 0 saturated heterocycles. The number of para-hydroxylation sites is 1. The largest absolute Gasteiger partial charge is 0.481 e. The molecule has 0 spiro atoms. The smallest absolute Gasteiger partial charge is 0.306 e.